The van der Waals surface area contributed by atoms with Crippen LogP contribution in [-0.4, -0.2) is 18.5 Å². The molecule has 0 aliphatic rings. The fourth-order valence-corrected chi connectivity index (χ4v) is 1.36. The Labute approximate surface area is 101 Å². The van der Waals surface area contributed by atoms with Gasteiger partial charge in [-0.25, -0.2) is 0 Å². The molecule has 16 heavy (non-hydrogen) atoms. The number of anilines is 1. The molecule has 0 aromatic heterocycles. The predicted octanol–water partition coefficient (Wildman–Crippen LogP) is 2.67. The minimum Gasteiger partial charge on any atom is -0.326 e. The monoisotopic (exact) mass is 240 g/mol. The van der Waals surface area contributed by atoms with E-state index in [0.717, 1.165) is 5.69 Å². The van der Waals surface area contributed by atoms with Crippen molar-refractivity contribution in [3.63, 3.8) is 0 Å². The zero-order valence-corrected chi connectivity index (χ0v) is 10.3. The molecular weight excluding hydrogens is 224 g/mol. The van der Waals surface area contributed by atoms with Crippen LogP contribution in [0.4, 0.5) is 5.69 Å². The van der Waals surface area contributed by atoms with Gasteiger partial charge in [-0.05, 0) is 24.3 Å². The zero-order valence-electron chi connectivity index (χ0n) is 9.59. The van der Waals surface area contributed by atoms with Gasteiger partial charge in [-0.15, -0.1) is 0 Å². The van der Waals surface area contributed by atoms with Crippen molar-refractivity contribution in [2.45, 2.75) is 26.3 Å². The van der Waals surface area contributed by atoms with Crippen molar-refractivity contribution in [3.8, 4) is 0 Å². The standard InChI is InChI=1S/C12H17ClN2O/c1-9(2)14-8-7-12(16)15-11-5-3-10(13)4-6-11/h3-6,9,14H,7-8H2,1-2H3,(H,15,16). The number of hydrogen-bond donors (Lipinski definition) is 2. The molecule has 0 aliphatic heterocycles. The molecule has 3 nitrogen and oxygen atoms in total. The summed E-state index contributed by atoms with van der Waals surface area (Å²) < 4.78 is 0. The number of hydrogen-bond acceptors (Lipinski definition) is 2. The molecule has 88 valence electrons. The van der Waals surface area contributed by atoms with Crippen LogP contribution in [0.15, 0.2) is 24.3 Å². The minimum atomic E-state index is 0.00970. The summed E-state index contributed by atoms with van der Waals surface area (Å²) in [6, 6.07) is 7.49. The van der Waals surface area contributed by atoms with Crippen LogP contribution in [0.25, 0.3) is 0 Å². The second kappa shape index (κ2) is 6.51. The van der Waals surface area contributed by atoms with E-state index in [0.29, 0.717) is 24.0 Å². The summed E-state index contributed by atoms with van der Waals surface area (Å²) in [6.07, 6.45) is 0.473. The molecule has 4 heteroatoms. The molecule has 0 heterocycles. The molecule has 0 saturated heterocycles. The first-order valence-corrected chi connectivity index (χ1v) is 5.74. The molecular formula is C12H17ClN2O. The van der Waals surface area contributed by atoms with Gasteiger partial charge in [0, 0.05) is 29.7 Å². The van der Waals surface area contributed by atoms with Gasteiger partial charge in [-0.2, -0.15) is 0 Å². The topological polar surface area (TPSA) is 41.1 Å². The SMILES string of the molecule is CC(C)NCCC(=O)Nc1ccc(Cl)cc1. The number of nitrogens with one attached hydrogen (secondary N) is 2. The van der Waals surface area contributed by atoms with E-state index in [-0.39, 0.29) is 5.91 Å². The summed E-state index contributed by atoms with van der Waals surface area (Å²) in [5, 5.41) is 6.66. The van der Waals surface area contributed by atoms with E-state index in [4.69, 9.17) is 11.6 Å². The first kappa shape index (κ1) is 13.0. The molecule has 0 atom stereocenters. The van der Waals surface area contributed by atoms with Gasteiger partial charge in [0.05, 0.1) is 0 Å². The predicted molar refractivity (Wildman–Crippen MR) is 67.8 cm³/mol. The normalized spacial score (nSPS) is 10.5. The van der Waals surface area contributed by atoms with Gasteiger partial charge >= 0.3 is 0 Å². The number of amides is 1. The van der Waals surface area contributed by atoms with Gasteiger partial charge in [0.25, 0.3) is 0 Å². The molecule has 1 rings (SSSR count). The lowest BCUT2D eigenvalue weighted by Crippen LogP contribution is -2.27. The molecule has 1 aromatic carbocycles. The van der Waals surface area contributed by atoms with Crippen LogP contribution in [0.1, 0.15) is 20.3 Å². The van der Waals surface area contributed by atoms with E-state index >= 15 is 0 Å². The Kier molecular flexibility index (Phi) is 5.29. The van der Waals surface area contributed by atoms with Crippen LogP contribution < -0.4 is 10.6 Å². The summed E-state index contributed by atoms with van der Waals surface area (Å²) >= 11 is 5.74. The van der Waals surface area contributed by atoms with Crippen LogP contribution in [-0.2, 0) is 4.79 Å². The molecule has 0 spiro atoms. The van der Waals surface area contributed by atoms with Gasteiger partial charge in [0.2, 0.25) is 5.91 Å². The first-order chi connectivity index (χ1) is 7.58. The first-order valence-electron chi connectivity index (χ1n) is 5.36. The smallest absolute Gasteiger partial charge is 0.225 e. The number of halogens is 1. The number of rotatable bonds is 5. The van der Waals surface area contributed by atoms with E-state index in [1.54, 1.807) is 24.3 Å². The Morgan fingerprint density at radius 1 is 1.31 bits per heavy atom. The lowest BCUT2D eigenvalue weighted by Gasteiger charge is -2.08. The van der Waals surface area contributed by atoms with Crippen molar-refractivity contribution in [2.24, 2.45) is 0 Å². The highest BCUT2D eigenvalue weighted by molar-refractivity contribution is 6.30. The lowest BCUT2D eigenvalue weighted by molar-refractivity contribution is -0.116. The number of carbonyl (C=O) groups excluding carboxylic acids is 1. The molecule has 2 N–H and O–H groups in total. The molecule has 0 fully saturated rings. The quantitative estimate of drug-likeness (QED) is 0.831. The summed E-state index contributed by atoms with van der Waals surface area (Å²) in [6.45, 7) is 4.80. The van der Waals surface area contributed by atoms with Crippen molar-refractivity contribution < 1.29 is 4.79 Å². The van der Waals surface area contributed by atoms with Crippen LogP contribution in [0, 0.1) is 0 Å². The maximum absolute atomic E-state index is 11.5. The maximum Gasteiger partial charge on any atom is 0.225 e. The third-order valence-electron chi connectivity index (χ3n) is 2.03. The van der Waals surface area contributed by atoms with Crippen molar-refractivity contribution >= 4 is 23.2 Å². The van der Waals surface area contributed by atoms with Crippen molar-refractivity contribution in [2.75, 3.05) is 11.9 Å². The average molecular weight is 241 g/mol. The summed E-state index contributed by atoms with van der Waals surface area (Å²) in [7, 11) is 0. The van der Waals surface area contributed by atoms with Crippen LogP contribution in [0.2, 0.25) is 5.02 Å². The third-order valence-corrected chi connectivity index (χ3v) is 2.28. The van der Waals surface area contributed by atoms with Gasteiger partial charge in [-0.1, -0.05) is 25.4 Å². The van der Waals surface area contributed by atoms with E-state index < -0.39 is 0 Å². The second-order valence-electron chi connectivity index (χ2n) is 3.91. The fourth-order valence-electron chi connectivity index (χ4n) is 1.23. The molecule has 1 aromatic rings. The van der Waals surface area contributed by atoms with E-state index in [2.05, 4.69) is 24.5 Å². The number of benzene rings is 1. The van der Waals surface area contributed by atoms with Gasteiger partial charge in [0.15, 0.2) is 0 Å². The van der Waals surface area contributed by atoms with Crippen molar-refractivity contribution in [1.29, 1.82) is 0 Å². The highest BCUT2D eigenvalue weighted by Gasteiger charge is 2.02. The lowest BCUT2D eigenvalue weighted by atomic mass is 10.3. The maximum atomic E-state index is 11.5. The van der Waals surface area contributed by atoms with E-state index in [9.17, 15) is 4.79 Å². The Morgan fingerprint density at radius 3 is 2.50 bits per heavy atom. The fraction of sp³-hybridized carbons (Fsp3) is 0.417. The molecule has 0 saturated carbocycles. The molecule has 1 amide bonds. The van der Waals surface area contributed by atoms with E-state index in [1.165, 1.54) is 0 Å². The van der Waals surface area contributed by atoms with E-state index in [1.807, 2.05) is 0 Å². The highest BCUT2D eigenvalue weighted by atomic mass is 35.5. The van der Waals surface area contributed by atoms with Crippen LogP contribution in [0.5, 0.6) is 0 Å². The second-order valence-corrected chi connectivity index (χ2v) is 4.35. The molecule has 0 unspecified atom stereocenters. The molecule has 0 aliphatic carbocycles. The summed E-state index contributed by atoms with van der Waals surface area (Å²) in [4.78, 5) is 11.5. The molecule has 0 bridgehead atoms. The van der Waals surface area contributed by atoms with Gasteiger partial charge < -0.3 is 10.6 Å². The Bertz CT molecular complexity index is 335. The number of carbonyl (C=O) groups is 1. The zero-order chi connectivity index (χ0) is 12.0. The highest BCUT2D eigenvalue weighted by Crippen LogP contribution is 2.13. The van der Waals surface area contributed by atoms with Crippen LogP contribution >= 0.6 is 11.6 Å². The van der Waals surface area contributed by atoms with Crippen molar-refractivity contribution in [1.82, 2.24) is 5.32 Å². The summed E-state index contributed by atoms with van der Waals surface area (Å²) in [5.74, 6) is 0.00970. The Balaban J connectivity index is 2.31. The van der Waals surface area contributed by atoms with Crippen molar-refractivity contribution in [3.05, 3.63) is 29.3 Å². The Morgan fingerprint density at radius 2 is 1.94 bits per heavy atom. The van der Waals surface area contributed by atoms with Crippen LogP contribution in [0.3, 0.4) is 0 Å². The minimum absolute atomic E-state index is 0.00970. The Hall–Kier alpha value is -1.06. The van der Waals surface area contributed by atoms with Gasteiger partial charge in [0.1, 0.15) is 0 Å². The largest absolute Gasteiger partial charge is 0.326 e. The summed E-state index contributed by atoms with van der Waals surface area (Å²) in [5.41, 5.74) is 0.777. The molecule has 0 radical (unpaired) electrons. The average Bonchev–Trinajstić information content (AvgIpc) is 2.21. The van der Waals surface area contributed by atoms with Gasteiger partial charge in [-0.3, -0.25) is 4.79 Å². The third kappa shape index (κ3) is 5.14.